The molecule has 0 unspecified atom stereocenters. The SMILES string of the molecule is COc1ccccc1OC1CN(C(=O)[C@H]2CCCN(CC(N)=O)C2)C1. The average Bonchev–Trinajstić information content (AvgIpc) is 2.57. The molecule has 2 aliphatic heterocycles. The fourth-order valence-corrected chi connectivity index (χ4v) is 3.47. The number of methoxy groups -OCH3 is 1. The lowest BCUT2D eigenvalue weighted by atomic mass is 9.95. The summed E-state index contributed by atoms with van der Waals surface area (Å²) < 4.78 is 11.2. The number of rotatable bonds is 6. The maximum atomic E-state index is 12.6. The summed E-state index contributed by atoms with van der Waals surface area (Å²) in [5.74, 6) is 1.14. The van der Waals surface area contributed by atoms with Crippen LogP contribution in [0, 0.1) is 5.92 Å². The van der Waals surface area contributed by atoms with Crippen LogP contribution in [-0.4, -0.2) is 67.6 Å². The van der Waals surface area contributed by atoms with E-state index in [0.717, 1.165) is 19.4 Å². The Morgan fingerprint density at radius 1 is 1.20 bits per heavy atom. The lowest BCUT2D eigenvalue weighted by molar-refractivity contribution is -0.146. The topological polar surface area (TPSA) is 85.1 Å². The van der Waals surface area contributed by atoms with Gasteiger partial charge in [-0.15, -0.1) is 0 Å². The van der Waals surface area contributed by atoms with Gasteiger partial charge in [0.05, 0.1) is 32.7 Å². The monoisotopic (exact) mass is 347 g/mol. The van der Waals surface area contributed by atoms with Gasteiger partial charge in [0, 0.05) is 6.54 Å². The van der Waals surface area contributed by atoms with E-state index in [9.17, 15) is 9.59 Å². The van der Waals surface area contributed by atoms with Crippen LogP contribution >= 0.6 is 0 Å². The number of nitrogens with zero attached hydrogens (tertiary/aromatic N) is 2. The Hall–Kier alpha value is -2.28. The molecule has 136 valence electrons. The maximum absolute atomic E-state index is 12.6. The van der Waals surface area contributed by atoms with Gasteiger partial charge < -0.3 is 20.1 Å². The molecule has 0 aliphatic carbocycles. The van der Waals surface area contributed by atoms with E-state index >= 15 is 0 Å². The summed E-state index contributed by atoms with van der Waals surface area (Å²) in [4.78, 5) is 27.5. The van der Waals surface area contributed by atoms with Gasteiger partial charge in [-0.25, -0.2) is 0 Å². The Morgan fingerprint density at radius 2 is 1.92 bits per heavy atom. The number of likely N-dealkylation sites (tertiary alicyclic amines) is 2. The standard InChI is InChI=1S/C18H25N3O4/c1-24-15-6-2-3-7-16(15)25-14-10-21(11-14)18(23)13-5-4-8-20(9-13)12-17(19)22/h2-3,6-7,13-14H,4-5,8-12H2,1H3,(H2,19,22)/t13-/m0/s1. The number of ether oxygens (including phenoxy) is 2. The van der Waals surface area contributed by atoms with Gasteiger partial charge >= 0.3 is 0 Å². The van der Waals surface area contributed by atoms with Crippen LogP contribution in [0.15, 0.2) is 24.3 Å². The fourth-order valence-electron chi connectivity index (χ4n) is 3.47. The van der Waals surface area contributed by atoms with Gasteiger partial charge in [0.1, 0.15) is 6.10 Å². The zero-order chi connectivity index (χ0) is 17.8. The van der Waals surface area contributed by atoms with E-state index in [0.29, 0.717) is 31.1 Å². The second-order valence-corrected chi connectivity index (χ2v) is 6.67. The summed E-state index contributed by atoms with van der Waals surface area (Å²) in [6.45, 7) is 2.83. The second-order valence-electron chi connectivity index (χ2n) is 6.67. The molecule has 1 atom stereocenters. The molecular formula is C18H25N3O4. The van der Waals surface area contributed by atoms with Crippen LogP contribution < -0.4 is 15.2 Å². The molecule has 2 fully saturated rings. The van der Waals surface area contributed by atoms with E-state index in [1.165, 1.54) is 0 Å². The lowest BCUT2D eigenvalue weighted by Gasteiger charge is -2.42. The highest BCUT2D eigenvalue weighted by atomic mass is 16.5. The molecule has 1 aromatic carbocycles. The van der Waals surface area contributed by atoms with Crippen LogP contribution in [0.1, 0.15) is 12.8 Å². The number of carbonyl (C=O) groups is 2. The van der Waals surface area contributed by atoms with Crippen molar-refractivity contribution in [3.05, 3.63) is 24.3 Å². The molecule has 2 heterocycles. The quantitative estimate of drug-likeness (QED) is 0.809. The Kier molecular flexibility index (Phi) is 5.43. The van der Waals surface area contributed by atoms with Crippen molar-refractivity contribution in [3.8, 4) is 11.5 Å². The van der Waals surface area contributed by atoms with E-state index in [2.05, 4.69) is 0 Å². The van der Waals surface area contributed by atoms with Crippen LogP contribution in [-0.2, 0) is 9.59 Å². The average molecular weight is 347 g/mol. The Labute approximate surface area is 147 Å². The number of primary amides is 1. The maximum Gasteiger partial charge on any atom is 0.231 e. The van der Waals surface area contributed by atoms with Crippen LogP contribution in [0.5, 0.6) is 11.5 Å². The first-order valence-corrected chi connectivity index (χ1v) is 8.66. The van der Waals surface area contributed by atoms with Gasteiger partial charge in [-0.1, -0.05) is 12.1 Å². The second kappa shape index (κ2) is 7.74. The molecule has 1 aromatic rings. The van der Waals surface area contributed by atoms with Gasteiger partial charge in [0.2, 0.25) is 11.8 Å². The number of hydrogen-bond donors (Lipinski definition) is 1. The van der Waals surface area contributed by atoms with Crippen molar-refractivity contribution in [1.29, 1.82) is 0 Å². The molecular weight excluding hydrogens is 322 g/mol. The summed E-state index contributed by atoms with van der Waals surface area (Å²) in [6, 6.07) is 7.51. The number of para-hydroxylation sites is 2. The number of piperidine rings is 1. The largest absolute Gasteiger partial charge is 0.493 e. The summed E-state index contributed by atoms with van der Waals surface area (Å²) in [6.07, 6.45) is 1.77. The highest BCUT2D eigenvalue weighted by Gasteiger charge is 2.37. The Bertz CT molecular complexity index is 631. The highest BCUT2D eigenvalue weighted by molar-refractivity contribution is 5.80. The summed E-state index contributed by atoms with van der Waals surface area (Å²) >= 11 is 0. The summed E-state index contributed by atoms with van der Waals surface area (Å²) in [5, 5.41) is 0. The van der Waals surface area contributed by atoms with Crippen molar-refractivity contribution in [2.75, 3.05) is 39.8 Å². The summed E-state index contributed by atoms with van der Waals surface area (Å²) in [5.41, 5.74) is 5.25. The predicted octanol–water partition coefficient (Wildman–Crippen LogP) is 0.482. The Morgan fingerprint density at radius 3 is 2.60 bits per heavy atom. The molecule has 0 radical (unpaired) electrons. The van der Waals surface area contributed by atoms with E-state index in [1.54, 1.807) is 7.11 Å². The molecule has 25 heavy (non-hydrogen) atoms. The lowest BCUT2D eigenvalue weighted by Crippen LogP contribution is -2.59. The third-order valence-corrected chi connectivity index (χ3v) is 4.76. The number of hydrogen-bond acceptors (Lipinski definition) is 5. The third kappa shape index (κ3) is 4.22. The molecule has 0 saturated carbocycles. The fraction of sp³-hybridized carbons (Fsp3) is 0.556. The molecule has 2 amide bonds. The van der Waals surface area contributed by atoms with Crippen LogP contribution in [0.2, 0.25) is 0 Å². The molecule has 7 nitrogen and oxygen atoms in total. The number of benzene rings is 1. The van der Waals surface area contributed by atoms with E-state index in [1.807, 2.05) is 34.1 Å². The number of nitrogens with two attached hydrogens (primary N) is 1. The van der Waals surface area contributed by atoms with Crippen molar-refractivity contribution in [3.63, 3.8) is 0 Å². The van der Waals surface area contributed by atoms with E-state index in [4.69, 9.17) is 15.2 Å². The van der Waals surface area contributed by atoms with Gasteiger partial charge in [-0.3, -0.25) is 14.5 Å². The Balaban J connectivity index is 1.48. The van der Waals surface area contributed by atoms with Gasteiger partial charge in [-0.05, 0) is 31.5 Å². The normalized spacial score (nSPS) is 21.5. The molecule has 2 aliphatic rings. The first-order chi connectivity index (χ1) is 12.1. The van der Waals surface area contributed by atoms with E-state index < -0.39 is 0 Å². The zero-order valence-corrected chi connectivity index (χ0v) is 14.5. The minimum Gasteiger partial charge on any atom is -0.493 e. The smallest absolute Gasteiger partial charge is 0.231 e. The van der Waals surface area contributed by atoms with Crippen LogP contribution in [0.3, 0.4) is 0 Å². The van der Waals surface area contributed by atoms with Crippen LogP contribution in [0.25, 0.3) is 0 Å². The van der Waals surface area contributed by atoms with Crippen molar-refractivity contribution in [2.45, 2.75) is 18.9 Å². The molecule has 2 saturated heterocycles. The third-order valence-electron chi connectivity index (χ3n) is 4.76. The van der Waals surface area contributed by atoms with Gasteiger partial charge in [0.25, 0.3) is 0 Å². The molecule has 3 rings (SSSR count). The summed E-state index contributed by atoms with van der Waals surface area (Å²) in [7, 11) is 1.61. The predicted molar refractivity (Wildman–Crippen MR) is 92.3 cm³/mol. The van der Waals surface area contributed by atoms with Crippen molar-refractivity contribution in [1.82, 2.24) is 9.80 Å². The molecule has 2 N–H and O–H groups in total. The zero-order valence-electron chi connectivity index (χ0n) is 14.5. The highest BCUT2D eigenvalue weighted by Crippen LogP contribution is 2.29. The first-order valence-electron chi connectivity index (χ1n) is 8.66. The van der Waals surface area contributed by atoms with Crippen molar-refractivity contribution >= 4 is 11.8 Å². The minimum absolute atomic E-state index is 0.00874. The molecule has 0 bridgehead atoms. The molecule has 0 spiro atoms. The van der Waals surface area contributed by atoms with Gasteiger partial charge in [0.15, 0.2) is 11.5 Å². The number of carbonyl (C=O) groups excluding carboxylic acids is 2. The number of amides is 2. The van der Waals surface area contributed by atoms with E-state index in [-0.39, 0.29) is 30.4 Å². The van der Waals surface area contributed by atoms with Gasteiger partial charge in [-0.2, -0.15) is 0 Å². The molecule has 0 aromatic heterocycles. The first kappa shape index (κ1) is 17.5. The molecule has 7 heteroatoms. The minimum atomic E-state index is -0.345. The van der Waals surface area contributed by atoms with Crippen molar-refractivity contribution < 1.29 is 19.1 Å². The van der Waals surface area contributed by atoms with Crippen molar-refractivity contribution in [2.24, 2.45) is 11.7 Å². The van der Waals surface area contributed by atoms with Crippen LogP contribution in [0.4, 0.5) is 0 Å².